The molecule has 0 unspecified atom stereocenters. The van der Waals surface area contributed by atoms with Crippen LogP contribution >= 0.6 is 0 Å². The summed E-state index contributed by atoms with van der Waals surface area (Å²) >= 11 is 0. The number of nitrogens with zero attached hydrogens (tertiary/aromatic N) is 1. The zero-order valence-electron chi connectivity index (χ0n) is 12.5. The predicted molar refractivity (Wildman–Crippen MR) is 86.8 cm³/mol. The van der Waals surface area contributed by atoms with Gasteiger partial charge >= 0.3 is 0 Å². The summed E-state index contributed by atoms with van der Waals surface area (Å²) in [6.07, 6.45) is 0. The minimum absolute atomic E-state index is 0.786. The molecule has 0 saturated carbocycles. The van der Waals surface area contributed by atoms with Crippen LogP contribution < -0.4 is 5.32 Å². The van der Waals surface area contributed by atoms with Gasteiger partial charge < -0.3 is 5.32 Å². The summed E-state index contributed by atoms with van der Waals surface area (Å²) in [6, 6.07) is 16.9. The summed E-state index contributed by atoms with van der Waals surface area (Å²) in [5, 5.41) is 3.15. The molecule has 0 amide bonds. The quantitative estimate of drug-likeness (QED) is 0.651. The van der Waals surface area contributed by atoms with Crippen LogP contribution in [0.1, 0.15) is 22.3 Å². The lowest BCUT2D eigenvalue weighted by Gasteiger charge is -2.13. The molecule has 20 heavy (non-hydrogen) atoms. The Kier molecular flexibility index (Phi) is 5.08. The highest BCUT2D eigenvalue weighted by atomic mass is 14.9. The van der Waals surface area contributed by atoms with E-state index in [0.717, 1.165) is 18.8 Å². The van der Waals surface area contributed by atoms with Gasteiger partial charge in [0.15, 0.2) is 0 Å². The Labute approximate surface area is 121 Å². The Morgan fingerprint density at radius 2 is 1.40 bits per heavy atom. The van der Waals surface area contributed by atoms with E-state index in [-0.39, 0.29) is 0 Å². The average molecular weight is 266 g/mol. The zero-order valence-corrected chi connectivity index (χ0v) is 12.5. The van der Waals surface area contributed by atoms with Crippen molar-refractivity contribution in [2.24, 2.45) is 4.99 Å². The molecular weight excluding hydrogens is 244 g/mol. The van der Waals surface area contributed by atoms with Crippen molar-refractivity contribution in [1.29, 1.82) is 0 Å². The maximum absolute atomic E-state index is 4.83. The topological polar surface area (TPSA) is 24.4 Å². The molecule has 1 N–H and O–H groups in total. The molecule has 0 aliphatic carbocycles. The van der Waals surface area contributed by atoms with Crippen molar-refractivity contribution in [3.63, 3.8) is 0 Å². The number of benzene rings is 2. The summed E-state index contributed by atoms with van der Waals surface area (Å²) in [4.78, 5) is 4.83. The van der Waals surface area contributed by atoms with Gasteiger partial charge in [-0.3, -0.25) is 4.99 Å². The van der Waals surface area contributed by atoms with Gasteiger partial charge in [-0.1, -0.05) is 48.5 Å². The van der Waals surface area contributed by atoms with Gasteiger partial charge in [0.05, 0.1) is 12.3 Å². The second-order valence-electron chi connectivity index (χ2n) is 4.96. The van der Waals surface area contributed by atoms with Gasteiger partial charge in [0, 0.05) is 17.7 Å². The molecule has 0 saturated heterocycles. The molecular formula is C18H22N2. The Balaban J connectivity index is 2.49. The van der Waals surface area contributed by atoms with E-state index >= 15 is 0 Å². The molecule has 0 heterocycles. The molecule has 0 fully saturated rings. The van der Waals surface area contributed by atoms with Crippen molar-refractivity contribution in [2.75, 3.05) is 20.1 Å². The Morgan fingerprint density at radius 1 is 0.900 bits per heavy atom. The van der Waals surface area contributed by atoms with Gasteiger partial charge in [0.1, 0.15) is 0 Å². The van der Waals surface area contributed by atoms with Crippen molar-refractivity contribution in [1.82, 2.24) is 5.32 Å². The van der Waals surface area contributed by atoms with Crippen LogP contribution in [-0.4, -0.2) is 25.8 Å². The third-order valence-electron chi connectivity index (χ3n) is 3.43. The zero-order chi connectivity index (χ0) is 14.4. The van der Waals surface area contributed by atoms with Crippen LogP contribution in [0.2, 0.25) is 0 Å². The molecule has 0 aliphatic rings. The van der Waals surface area contributed by atoms with Crippen LogP contribution in [-0.2, 0) is 0 Å². The lowest BCUT2D eigenvalue weighted by Crippen LogP contribution is -2.14. The molecule has 0 spiro atoms. The minimum Gasteiger partial charge on any atom is -0.318 e. The first-order valence-electron chi connectivity index (χ1n) is 7.05. The van der Waals surface area contributed by atoms with Crippen LogP contribution in [0.3, 0.4) is 0 Å². The second-order valence-corrected chi connectivity index (χ2v) is 4.96. The van der Waals surface area contributed by atoms with Gasteiger partial charge in [-0.15, -0.1) is 0 Å². The average Bonchev–Trinajstić information content (AvgIpc) is 2.46. The first-order valence-corrected chi connectivity index (χ1v) is 7.05. The van der Waals surface area contributed by atoms with Crippen LogP contribution in [0.4, 0.5) is 0 Å². The normalized spacial score (nSPS) is 10.3. The molecule has 0 atom stereocenters. The van der Waals surface area contributed by atoms with Crippen LogP contribution in [0.5, 0.6) is 0 Å². The van der Waals surface area contributed by atoms with Crippen molar-refractivity contribution in [3.05, 3.63) is 70.8 Å². The molecule has 104 valence electrons. The summed E-state index contributed by atoms with van der Waals surface area (Å²) in [6.45, 7) is 5.96. The molecule has 2 heteroatoms. The van der Waals surface area contributed by atoms with E-state index in [1.54, 1.807) is 0 Å². The van der Waals surface area contributed by atoms with Crippen LogP contribution in [0.25, 0.3) is 0 Å². The van der Waals surface area contributed by atoms with Crippen molar-refractivity contribution in [2.45, 2.75) is 13.8 Å². The number of aryl methyl sites for hydroxylation is 2. The first-order chi connectivity index (χ1) is 9.74. The fourth-order valence-corrected chi connectivity index (χ4v) is 2.27. The van der Waals surface area contributed by atoms with Crippen LogP contribution in [0.15, 0.2) is 53.5 Å². The molecule has 2 aromatic rings. The van der Waals surface area contributed by atoms with Gasteiger partial charge in [-0.25, -0.2) is 0 Å². The predicted octanol–water partition coefficient (Wildman–Crippen LogP) is 3.36. The molecule has 0 bridgehead atoms. The number of rotatable bonds is 5. The lowest BCUT2D eigenvalue weighted by atomic mass is 9.95. The smallest absolute Gasteiger partial charge is 0.0724 e. The van der Waals surface area contributed by atoms with E-state index in [0.29, 0.717) is 0 Å². The number of hydrogen-bond donors (Lipinski definition) is 1. The number of likely N-dealkylation sites (N-methyl/N-ethyl adjacent to an activating group) is 1. The molecule has 0 radical (unpaired) electrons. The van der Waals surface area contributed by atoms with E-state index in [2.05, 4.69) is 67.7 Å². The molecule has 0 aromatic heterocycles. The van der Waals surface area contributed by atoms with Gasteiger partial charge in [0.2, 0.25) is 0 Å². The highest BCUT2D eigenvalue weighted by Crippen LogP contribution is 2.18. The monoisotopic (exact) mass is 266 g/mol. The maximum atomic E-state index is 4.83. The maximum Gasteiger partial charge on any atom is 0.0724 e. The van der Waals surface area contributed by atoms with E-state index in [9.17, 15) is 0 Å². The van der Waals surface area contributed by atoms with Gasteiger partial charge in [-0.05, 0) is 32.0 Å². The third-order valence-corrected chi connectivity index (χ3v) is 3.43. The fraction of sp³-hybridized carbons (Fsp3) is 0.278. The summed E-state index contributed by atoms with van der Waals surface area (Å²) in [5.41, 5.74) is 6.06. The fourth-order valence-electron chi connectivity index (χ4n) is 2.27. The lowest BCUT2D eigenvalue weighted by molar-refractivity contribution is 0.803. The van der Waals surface area contributed by atoms with Crippen LogP contribution in [0, 0.1) is 13.8 Å². The highest BCUT2D eigenvalue weighted by molar-refractivity contribution is 6.14. The summed E-state index contributed by atoms with van der Waals surface area (Å²) < 4.78 is 0. The highest BCUT2D eigenvalue weighted by Gasteiger charge is 2.10. The SMILES string of the molecule is CNCCN=C(c1ccccc1C)c1ccccc1C. The second kappa shape index (κ2) is 7.01. The first kappa shape index (κ1) is 14.5. The summed E-state index contributed by atoms with van der Waals surface area (Å²) in [5.74, 6) is 0. The Hall–Kier alpha value is -1.93. The molecule has 2 nitrogen and oxygen atoms in total. The number of nitrogens with one attached hydrogen (secondary N) is 1. The van der Waals surface area contributed by atoms with E-state index in [1.165, 1.54) is 22.3 Å². The van der Waals surface area contributed by atoms with E-state index < -0.39 is 0 Å². The van der Waals surface area contributed by atoms with Gasteiger partial charge in [-0.2, -0.15) is 0 Å². The largest absolute Gasteiger partial charge is 0.318 e. The number of aliphatic imine (C=N–C) groups is 1. The Bertz CT molecular complexity index is 552. The standard InChI is InChI=1S/C18H22N2/c1-14-8-4-6-10-16(14)18(20-13-12-19-3)17-11-7-5-9-15(17)2/h4-11,19H,12-13H2,1-3H3. The Morgan fingerprint density at radius 3 is 1.85 bits per heavy atom. The van der Waals surface area contributed by atoms with E-state index in [1.807, 2.05) is 7.05 Å². The van der Waals surface area contributed by atoms with Crippen molar-refractivity contribution in [3.8, 4) is 0 Å². The van der Waals surface area contributed by atoms with Crippen molar-refractivity contribution < 1.29 is 0 Å². The molecule has 2 rings (SSSR count). The van der Waals surface area contributed by atoms with Crippen molar-refractivity contribution >= 4 is 5.71 Å². The molecule has 0 aliphatic heterocycles. The minimum atomic E-state index is 0.786. The van der Waals surface area contributed by atoms with E-state index in [4.69, 9.17) is 4.99 Å². The van der Waals surface area contributed by atoms with Gasteiger partial charge in [0.25, 0.3) is 0 Å². The third kappa shape index (κ3) is 3.34. The summed E-state index contributed by atoms with van der Waals surface area (Å²) in [7, 11) is 1.96. The molecule has 2 aromatic carbocycles. The number of hydrogen-bond acceptors (Lipinski definition) is 2.